The van der Waals surface area contributed by atoms with Crippen LogP contribution in [0.5, 0.6) is 0 Å². The first-order valence-electron chi connectivity index (χ1n) is 2.94. The van der Waals surface area contributed by atoms with Crippen molar-refractivity contribution < 1.29 is 0 Å². The van der Waals surface area contributed by atoms with Gasteiger partial charge in [0.05, 0.1) is 0 Å². The molecule has 47 valence electrons. The first-order valence-corrected chi connectivity index (χ1v) is 2.94. The zero-order valence-corrected chi connectivity index (χ0v) is 5.76. The predicted octanol–water partition coefficient (Wildman–Crippen LogP) is 1.55. The number of hydrogen-bond acceptors (Lipinski definition) is 1. The van der Waals surface area contributed by atoms with Crippen molar-refractivity contribution in [2.45, 2.75) is 0 Å². The molecule has 0 saturated carbocycles. The SMILES string of the molecule is CN(C)c1cc[c]cc1. The Hall–Kier alpha value is -0.980. The molecular weight excluding hydrogens is 110 g/mol. The van der Waals surface area contributed by atoms with Crippen molar-refractivity contribution in [2.75, 3.05) is 19.0 Å². The normalized spacial score (nSPS) is 9.11. The molecule has 0 atom stereocenters. The highest BCUT2D eigenvalue weighted by molar-refractivity contribution is 5.43. The van der Waals surface area contributed by atoms with Crippen LogP contribution in [-0.2, 0) is 0 Å². The fraction of sp³-hybridized carbons (Fsp3) is 0.250. The molecular formula is C8H10N. The summed E-state index contributed by atoms with van der Waals surface area (Å²) in [6.07, 6.45) is 0. The summed E-state index contributed by atoms with van der Waals surface area (Å²) in [5.74, 6) is 0. The van der Waals surface area contributed by atoms with Crippen LogP contribution in [0.2, 0.25) is 0 Å². The molecule has 0 heterocycles. The Balaban J connectivity index is 2.85. The van der Waals surface area contributed by atoms with E-state index < -0.39 is 0 Å². The molecule has 0 fully saturated rings. The van der Waals surface area contributed by atoms with Crippen LogP contribution < -0.4 is 4.90 Å². The summed E-state index contributed by atoms with van der Waals surface area (Å²) in [5.41, 5.74) is 1.22. The number of anilines is 1. The molecule has 0 aliphatic carbocycles. The monoisotopic (exact) mass is 120 g/mol. The molecule has 1 radical (unpaired) electrons. The van der Waals surface area contributed by atoms with Gasteiger partial charge in [0.25, 0.3) is 0 Å². The lowest BCUT2D eigenvalue weighted by Crippen LogP contribution is -2.07. The third-order valence-electron chi connectivity index (χ3n) is 1.22. The fourth-order valence-corrected chi connectivity index (χ4v) is 0.676. The average Bonchev–Trinajstić information content (AvgIpc) is 1.90. The van der Waals surface area contributed by atoms with E-state index in [0.717, 1.165) is 0 Å². The molecule has 1 heteroatoms. The van der Waals surface area contributed by atoms with Crippen molar-refractivity contribution in [3.63, 3.8) is 0 Å². The number of rotatable bonds is 1. The van der Waals surface area contributed by atoms with Crippen molar-refractivity contribution in [3.8, 4) is 0 Å². The van der Waals surface area contributed by atoms with Gasteiger partial charge in [-0.15, -0.1) is 0 Å². The Labute approximate surface area is 55.9 Å². The van der Waals surface area contributed by atoms with E-state index in [1.807, 2.05) is 38.4 Å². The lowest BCUT2D eigenvalue weighted by atomic mass is 10.3. The molecule has 0 aliphatic heterocycles. The van der Waals surface area contributed by atoms with Crippen LogP contribution in [0, 0.1) is 6.07 Å². The summed E-state index contributed by atoms with van der Waals surface area (Å²) in [6.45, 7) is 0. The number of hydrogen-bond donors (Lipinski definition) is 0. The van der Waals surface area contributed by atoms with Crippen molar-refractivity contribution in [1.29, 1.82) is 0 Å². The first-order chi connectivity index (χ1) is 4.30. The van der Waals surface area contributed by atoms with Gasteiger partial charge in [-0.25, -0.2) is 0 Å². The van der Waals surface area contributed by atoms with Gasteiger partial charge < -0.3 is 4.90 Å². The summed E-state index contributed by atoms with van der Waals surface area (Å²) < 4.78 is 0. The maximum Gasteiger partial charge on any atom is 0.0361 e. The molecule has 0 unspecified atom stereocenters. The van der Waals surface area contributed by atoms with Gasteiger partial charge in [-0.05, 0) is 18.2 Å². The zero-order chi connectivity index (χ0) is 6.69. The van der Waals surface area contributed by atoms with Crippen LogP contribution in [0.25, 0.3) is 0 Å². The van der Waals surface area contributed by atoms with E-state index in [-0.39, 0.29) is 0 Å². The van der Waals surface area contributed by atoms with E-state index in [1.54, 1.807) is 0 Å². The summed E-state index contributed by atoms with van der Waals surface area (Å²) in [6, 6.07) is 10.8. The number of nitrogens with zero attached hydrogens (tertiary/aromatic N) is 1. The highest BCUT2D eigenvalue weighted by Gasteiger charge is 1.87. The molecule has 1 rings (SSSR count). The topological polar surface area (TPSA) is 3.24 Å². The molecule has 0 aromatic heterocycles. The highest BCUT2D eigenvalue weighted by atomic mass is 15.1. The smallest absolute Gasteiger partial charge is 0.0361 e. The lowest BCUT2D eigenvalue weighted by molar-refractivity contribution is 1.13. The largest absolute Gasteiger partial charge is 0.378 e. The van der Waals surface area contributed by atoms with E-state index in [4.69, 9.17) is 0 Å². The van der Waals surface area contributed by atoms with Gasteiger partial charge in [-0.3, -0.25) is 0 Å². The predicted molar refractivity (Wildman–Crippen MR) is 39.6 cm³/mol. The Morgan fingerprint density at radius 2 is 1.78 bits per heavy atom. The second-order valence-corrected chi connectivity index (χ2v) is 2.15. The molecule has 1 aromatic rings. The summed E-state index contributed by atoms with van der Waals surface area (Å²) >= 11 is 0. The van der Waals surface area contributed by atoms with E-state index in [1.165, 1.54) is 5.69 Å². The van der Waals surface area contributed by atoms with Gasteiger partial charge in [-0.2, -0.15) is 0 Å². The van der Waals surface area contributed by atoms with Crippen molar-refractivity contribution in [3.05, 3.63) is 30.3 Å². The molecule has 0 saturated heterocycles. The summed E-state index contributed by atoms with van der Waals surface area (Å²) in [5, 5.41) is 0. The molecule has 0 amide bonds. The lowest BCUT2D eigenvalue weighted by Gasteiger charge is -2.10. The third kappa shape index (κ3) is 1.46. The summed E-state index contributed by atoms with van der Waals surface area (Å²) in [4.78, 5) is 2.06. The van der Waals surface area contributed by atoms with Crippen LogP contribution in [-0.4, -0.2) is 14.1 Å². The second-order valence-electron chi connectivity index (χ2n) is 2.15. The number of benzene rings is 1. The molecule has 0 aliphatic rings. The maximum atomic E-state index is 2.96. The van der Waals surface area contributed by atoms with Gasteiger partial charge in [0.15, 0.2) is 0 Å². The van der Waals surface area contributed by atoms with Crippen LogP contribution in [0.3, 0.4) is 0 Å². The van der Waals surface area contributed by atoms with E-state index >= 15 is 0 Å². The van der Waals surface area contributed by atoms with Crippen LogP contribution >= 0.6 is 0 Å². The fourth-order valence-electron chi connectivity index (χ4n) is 0.676. The van der Waals surface area contributed by atoms with Gasteiger partial charge in [-0.1, -0.05) is 12.1 Å². The second kappa shape index (κ2) is 2.53. The van der Waals surface area contributed by atoms with Crippen LogP contribution in [0.15, 0.2) is 24.3 Å². The van der Waals surface area contributed by atoms with E-state index in [2.05, 4.69) is 11.0 Å². The minimum atomic E-state index is 1.22. The zero-order valence-electron chi connectivity index (χ0n) is 5.76. The van der Waals surface area contributed by atoms with Gasteiger partial charge in [0, 0.05) is 19.8 Å². The quantitative estimate of drug-likeness (QED) is 0.543. The molecule has 0 bridgehead atoms. The van der Waals surface area contributed by atoms with Gasteiger partial charge >= 0.3 is 0 Å². The molecule has 1 nitrogen and oxygen atoms in total. The van der Waals surface area contributed by atoms with Crippen molar-refractivity contribution >= 4 is 5.69 Å². The van der Waals surface area contributed by atoms with E-state index in [0.29, 0.717) is 0 Å². The average molecular weight is 120 g/mol. The Bertz CT molecular complexity index is 167. The van der Waals surface area contributed by atoms with Crippen molar-refractivity contribution in [2.24, 2.45) is 0 Å². The van der Waals surface area contributed by atoms with Crippen molar-refractivity contribution in [1.82, 2.24) is 0 Å². The summed E-state index contributed by atoms with van der Waals surface area (Å²) in [7, 11) is 4.05. The van der Waals surface area contributed by atoms with Gasteiger partial charge in [0.2, 0.25) is 0 Å². The Morgan fingerprint density at radius 3 is 2.11 bits per heavy atom. The highest BCUT2D eigenvalue weighted by Crippen LogP contribution is 2.06. The molecule has 0 spiro atoms. The van der Waals surface area contributed by atoms with Crippen LogP contribution in [0.1, 0.15) is 0 Å². The standard InChI is InChI=1S/C8H10N/c1-9(2)8-6-4-3-5-7-8/h4-7H,1-2H3. The maximum absolute atomic E-state index is 2.96. The minimum absolute atomic E-state index is 1.22. The molecule has 1 aromatic carbocycles. The molecule has 9 heavy (non-hydrogen) atoms. The molecule has 0 N–H and O–H groups in total. The van der Waals surface area contributed by atoms with E-state index in [9.17, 15) is 0 Å². The van der Waals surface area contributed by atoms with Crippen LogP contribution in [0.4, 0.5) is 5.69 Å². The minimum Gasteiger partial charge on any atom is -0.378 e. The van der Waals surface area contributed by atoms with Gasteiger partial charge in [0.1, 0.15) is 0 Å². The first kappa shape index (κ1) is 6.14. The Kier molecular flexibility index (Phi) is 1.73. The Morgan fingerprint density at radius 1 is 1.22 bits per heavy atom. The third-order valence-corrected chi connectivity index (χ3v) is 1.22.